The number of halogens is 3. The van der Waals surface area contributed by atoms with Crippen LogP contribution in [-0.4, -0.2) is 42.0 Å². The van der Waals surface area contributed by atoms with Crippen LogP contribution in [0, 0.1) is 0 Å². The van der Waals surface area contributed by atoms with Crippen molar-refractivity contribution >= 4 is 5.91 Å². The van der Waals surface area contributed by atoms with E-state index in [1.54, 1.807) is 0 Å². The molecule has 1 amide bonds. The predicted octanol–water partition coefficient (Wildman–Crippen LogP) is 2.70. The number of pyridine rings is 1. The van der Waals surface area contributed by atoms with E-state index in [9.17, 15) is 18.0 Å². The van der Waals surface area contributed by atoms with Gasteiger partial charge >= 0.3 is 6.18 Å². The molecule has 7 heteroatoms. The van der Waals surface area contributed by atoms with E-state index in [0.29, 0.717) is 6.20 Å². The lowest BCUT2D eigenvalue weighted by Crippen LogP contribution is -2.51. The number of alkyl halides is 3. The van der Waals surface area contributed by atoms with E-state index in [4.69, 9.17) is 0 Å². The van der Waals surface area contributed by atoms with Gasteiger partial charge in [-0.25, -0.2) is 0 Å². The fourth-order valence-corrected chi connectivity index (χ4v) is 2.84. The van der Waals surface area contributed by atoms with Gasteiger partial charge in [0.25, 0.3) is 5.91 Å². The number of hydrogen-bond acceptors (Lipinski definition) is 3. The van der Waals surface area contributed by atoms with Crippen LogP contribution < -0.4 is 5.32 Å². The monoisotopic (exact) mass is 315 g/mol. The summed E-state index contributed by atoms with van der Waals surface area (Å²) < 4.78 is 37.5. The third kappa shape index (κ3) is 3.97. The second-order valence-corrected chi connectivity index (χ2v) is 5.83. The predicted molar refractivity (Wildman–Crippen MR) is 76.4 cm³/mol. The summed E-state index contributed by atoms with van der Waals surface area (Å²) in [5.74, 6) is -0.424. The van der Waals surface area contributed by atoms with Crippen molar-refractivity contribution in [1.82, 2.24) is 15.2 Å². The van der Waals surface area contributed by atoms with Gasteiger partial charge in [0.2, 0.25) is 0 Å². The van der Waals surface area contributed by atoms with Gasteiger partial charge in [-0.2, -0.15) is 13.2 Å². The minimum atomic E-state index is -4.44. The first-order valence-electron chi connectivity index (χ1n) is 7.29. The van der Waals surface area contributed by atoms with Crippen LogP contribution in [0.3, 0.4) is 0 Å². The van der Waals surface area contributed by atoms with Gasteiger partial charge in [0.1, 0.15) is 5.69 Å². The van der Waals surface area contributed by atoms with Crippen LogP contribution in [0.5, 0.6) is 0 Å². The molecular formula is C15H20F3N3O. The van der Waals surface area contributed by atoms with Crippen molar-refractivity contribution in [2.45, 2.75) is 43.9 Å². The molecule has 4 nitrogen and oxygen atoms in total. The number of aromatic nitrogens is 1. The van der Waals surface area contributed by atoms with E-state index in [-0.39, 0.29) is 17.8 Å². The summed E-state index contributed by atoms with van der Waals surface area (Å²) >= 11 is 0. The molecule has 0 aliphatic heterocycles. The Hall–Kier alpha value is -1.63. The first kappa shape index (κ1) is 16.7. The van der Waals surface area contributed by atoms with E-state index in [2.05, 4.69) is 15.2 Å². The molecule has 1 aromatic heterocycles. The van der Waals surface area contributed by atoms with Crippen LogP contribution in [0.4, 0.5) is 13.2 Å². The Labute approximate surface area is 127 Å². The van der Waals surface area contributed by atoms with E-state index >= 15 is 0 Å². The third-order valence-electron chi connectivity index (χ3n) is 4.03. The number of nitrogens with zero attached hydrogens (tertiary/aromatic N) is 2. The molecule has 1 fully saturated rings. The molecule has 0 unspecified atom stereocenters. The van der Waals surface area contributed by atoms with Crippen molar-refractivity contribution < 1.29 is 18.0 Å². The maximum atomic E-state index is 12.5. The van der Waals surface area contributed by atoms with Gasteiger partial charge < -0.3 is 10.2 Å². The Morgan fingerprint density at radius 1 is 1.27 bits per heavy atom. The molecule has 0 spiro atoms. The maximum Gasteiger partial charge on any atom is 0.417 e. The second kappa shape index (κ2) is 6.64. The second-order valence-electron chi connectivity index (χ2n) is 5.83. The lowest BCUT2D eigenvalue weighted by atomic mass is 9.89. The van der Waals surface area contributed by atoms with Crippen molar-refractivity contribution in [2.24, 2.45) is 0 Å². The number of carbonyl (C=O) groups excluding carboxylic acids is 1. The zero-order valence-electron chi connectivity index (χ0n) is 12.7. The van der Waals surface area contributed by atoms with E-state index < -0.39 is 17.6 Å². The minimum absolute atomic E-state index is 0.000317. The topological polar surface area (TPSA) is 45.2 Å². The van der Waals surface area contributed by atoms with Crippen LogP contribution >= 0.6 is 0 Å². The molecule has 122 valence electrons. The molecule has 22 heavy (non-hydrogen) atoms. The van der Waals surface area contributed by atoms with Gasteiger partial charge in [0.05, 0.1) is 5.56 Å². The van der Waals surface area contributed by atoms with Crippen molar-refractivity contribution in [1.29, 1.82) is 0 Å². The highest BCUT2D eigenvalue weighted by Crippen LogP contribution is 2.28. The SMILES string of the molecule is CN(C)[C@H]1CCCC[C@@H]1NC(=O)c1ccc(C(F)(F)F)cn1. The Kier molecular flexibility index (Phi) is 5.05. The number of nitrogens with one attached hydrogen (secondary N) is 1. The lowest BCUT2D eigenvalue weighted by Gasteiger charge is -2.36. The van der Waals surface area contributed by atoms with Crippen molar-refractivity contribution in [2.75, 3.05) is 14.1 Å². The molecule has 1 aliphatic carbocycles. The average molecular weight is 315 g/mol. The van der Waals surface area contributed by atoms with Crippen LogP contribution in [-0.2, 0) is 6.18 Å². The van der Waals surface area contributed by atoms with Crippen molar-refractivity contribution in [3.05, 3.63) is 29.6 Å². The van der Waals surface area contributed by atoms with Crippen LogP contribution in [0.1, 0.15) is 41.7 Å². The molecule has 1 heterocycles. The molecule has 2 rings (SSSR count). The van der Waals surface area contributed by atoms with Gasteiger partial charge in [0.15, 0.2) is 0 Å². The highest BCUT2D eigenvalue weighted by atomic mass is 19.4. The molecule has 0 bridgehead atoms. The maximum absolute atomic E-state index is 12.5. The molecule has 1 saturated carbocycles. The molecule has 1 aromatic rings. The summed E-state index contributed by atoms with van der Waals surface area (Å²) in [7, 11) is 3.93. The summed E-state index contributed by atoms with van der Waals surface area (Å²) in [5, 5.41) is 2.90. The Balaban J connectivity index is 2.05. The molecular weight excluding hydrogens is 295 g/mol. The van der Waals surface area contributed by atoms with Crippen LogP contribution in [0.2, 0.25) is 0 Å². The molecule has 0 radical (unpaired) electrons. The quantitative estimate of drug-likeness (QED) is 0.933. The highest BCUT2D eigenvalue weighted by molar-refractivity contribution is 5.92. The van der Waals surface area contributed by atoms with Crippen molar-refractivity contribution in [3.63, 3.8) is 0 Å². The summed E-state index contributed by atoms with van der Waals surface area (Å²) in [4.78, 5) is 17.9. The van der Waals surface area contributed by atoms with E-state index in [1.807, 2.05) is 14.1 Å². The summed E-state index contributed by atoms with van der Waals surface area (Å²) in [5.41, 5.74) is -0.844. The fraction of sp³-hybridized carbons (Fsp3) is 0.600. The van der Waals surface area contributed by atoms with E-state index in [0.717, 1.165) is 37.8 Å². The van der Waals surface area contributed by atoms with Gasteiger partial charge in [-0.3, -0.25) is 9.78 Å². The molecule has 0 saturated heterocycles. The van der Waals surface area contributed by atoms with E-state index in [1.165, 1.54) is 0 Å². The zero-order chi connectivity index (χ0) is 16.3. The first-order chi connectivity index (χ1) is 10.3. The Bertz CT molecular complexity index is 514. The smallest absolute Gasteiger partial charge is 0.346 e. The zero-order valence-corrected chi connectivity index (χ0v) is 12.7. The summed E-state index contributed by atoms with van der Waals surface area (Å²) in [6, 6.07) is 2.24. The minimum Gasteiger partial charge on any atom is -0.346 e. The van der Waals surface area contributed by atoms with Gasteiger partial charge in [-0.15, -0.1) is 0 Å². The number of hydrogen-bond donors (Lipinski definition) is 1. The van der Waals surface area contributed by atoms with Crippen molar-refractivity contribution in [3.8, 4) is 0 Å². The average Bonchev–Trinajstić information content (AvgIpc) is 2.46. The molecule has 0 aromatic carbocycles. The Morgan fingerprint density at radius 3 is 2.50 bits per heavy atom. The first-order valence-corrected chi connectivity index (χ1v) is 7.29. The van der Waals surface area contributed by atoms with Crippen LogP contribution in [0.15, 0.2) is 18.3 Å². The number of carbonyl (C=O) groups is 1. The molecule has 1 aliphatic rings. The summed E-state index contributed by atoms with van der Waals surface area (Å²) in [6.45, 7) is 0. The Morgan fingerprint density at radius 2 is 1.95 bits per heavy atom. The van der Waals surface area contributed by atoms with Gasteiger partial charge in [0, 0.05) is 18.3 Å². The molecule has 2 atom stereocenters. The normalized spacial score (nSPS) is 22.6. The summed E-state index contributed by atoms with van der Waals surface area (Å²) in [6.07, 6.45) is 0.275. The number of likely N-dealkylation sites (N-methyl/N-ethyl adjacent to an activating group) is 1. The lowest BCUT2D eigenvalue weighted by molar-refractivity contribution is -0.137. The van der Waals surface area contributed by atoms with Gasteiger partial charge in [-0.05, 0) is 39.1 Å². The van der Waals surface area contributed by atoms with Crippen LogP contribution in [0.25, 0.3) is 0 Å². The fourth-order valence-electron chi connectivity index (χ4n) is 2.84. The standard InChI is InChI=1S/C15H20F3N3O/c1-21(2)13-6-4-3-5-11(13)20-14(22)12-8-7-10(9-19-12)15(16,17)18/h7-9,11,13H,3-6H2,1-2H3,(H,20,22)/t11-,13-/m0/s1. The largest absolute Gasteiger partial charge is 0.417 e. The number of rotatable bonds is 3. The molecule has 1 N–H and O–H groups in total. The highest BCUT2D eigenvalue weighted by Gasteiger charge is 2.32. The van der Waals surface area contributed by atoms with Gasteiger partial charge in [-0.1, -0.05) is 12.8 Å². The number of amides is 1. The third-order valence-corrected chi connectivity index (χ3v) is 4.03.